The summed E-state index contributed by atoms with van der Waals surface area (Å²) < 4.78 is 1.32. The van der Waals surface area contributed by atoms with Crippen molar-refractivity contribution in [2.75, 3.05) is 43.9 Å². The van der Waals surface area contributed by atoms with Crippen molar-refractivity contribution in [3.05, 3.63) is 29.6 Å². The van der Waals surface area contributed by atoms with Crippen molar-refractivity contribution >= 4 is 43.8 Å². The topological polar surface area (TPSA) is 45.4 Å². The molecule has 114 valence electrons. The van der Waals surface area contributed by atoms with Crippen LogP contribution in [-0.4, -0.2) is 43.1 Å². The van der Waals surface area contributed by atoms with Gasteiger partial charge in [-0.2, -0.15) is 0 Å². The van der Waals surface area contributed by atoms with Crippen LogP contribution in [0.2, 0.25) is 0 Å². The van der Waals surface area contributed by atoms with Crippen LogP contribution in [0.5, 0.6) is 0 Å². The Morgan fingerprint density at radius 3 is 2.91 bits per heavy atom. The van der Waals surface area contributed by atoms with Crippen molar-refractivity contribution in [1.29, 1.82) is 0 Å². The van der Waals surface area contributed by atoms with Crippen LogP contribution in [0.1, 0.15) is 6.42 Å². The van der Waals surface area contributed by atoms with E-state index in [9.17, 15) is 0 Å². The lowest BCUT2D eigenvalue weighted by atomic mass is 10.1. The first-order valence-corrected chi connectivity index (χ1v) is 8.60. The van der Waals surface area contributed by atoms with Crippen molar-refractivity contribution in [3.8, 4) is 0 Å². The van der Waals surface area contributed by atoms with Gasteiger partial charge in [0.05, 0.1) is 5.52 Å². The summed E-state index contributed by atoms with van der Waals surface area (Å²) in [6.45, 7) is 4.34. The number of nitrogens with two attached hydrogens (primary N) is 1. The third kappa shape index (κ3) is 2.30. The van der Waals surface area contributed by atoms with E-state index in [1.807, 2.05) is 12.1 Å². The highest BCUT2D eigenvalue weighted by Crippen LogP contribution is 2.35. The molecule has 0 amide bonds. The molecule has 4 nitrogen and oxygen atoms in total. The van der Waals surface area contributed by atoms with Crippen LogP contribution in [0.4, 0.5) is 11.5 Å². The van der Waals surface area contributed by atoms with Gasteiger partial charge in [0.2, 0.25) is 0 Å². The zero-order valence-corrected chi connectivity index (χ0v) is 13.6. The molecule has 0 aliphatic carbocycles. The molecule has 3 heterocycles. The van der Waals surface area contributed by atoms with Gasteiger partial charge in [0.25, 0.3) is 0 Å². The molecule has 0 unspecified atom stereocenters. The van der Waals surface area contributed by atoms with E-state index >= 15 is 0 Å². The lowest BCUT2D eigenvalue weighted by Crippen LogP contribution is -2.29. The van der Waals surface area contributed by atoms with Gasteiger partial charge >= 0.3 is 0 Å². The number of fused-ring (bicyclic) bond motifs is 3. The fourth-order valence-corrected chi connectivity index (χ4v) is 4.13. The van der Waals surface area contributed by atoms with Gasteiger partial charge in [-0.15, -0.1) is 11.3 Å². The van der Waals surface area contributed by atoms with E-state index < -0.39 is 0 Å². The van der Waals surface area contributed by atoms with E-state index in [1.165, 1.54) is 21.9 Å². The van der Waals surface area contributed by atoms with Gasteiger partial charge < -0.3 is 15.5 Å². The van der Waals surface area contributed by atoms with Gasteiger partial charge in [-0.3, -0.25) is 0 Å². The second-order valence-electron chi connectivity index (χ2n) is 6.02. The minimum atomic E-state index is 0.775. The molecule has 0 spiro atoms. The molecule has 4 rings (SSSR count). The SMILES string of the molecule is CN1CCCN(c2nc3cc(N)ccc3c3sccc23)CC1. The quantitative estimate of drug-likeness (QED) is 0.701. The first kappa shape index (κ1) is 13.8. The molecule has 0 saturated carbocycles. The molecule has 2 aromatic heterocycles. The van der Waals surface area contributed by atoms with Crippen LogP contribution in [0.25, 0.3) is 21.0 Å². The summed E-state index contributed by atoms with van der Waals surface area (Å²) in [4.78, 5) is 9.79. The second-order valence-corrected chi connectivity index (χ2v) is 6.94. The number of pyridine rings is 1. The van der Waals surface area contributed by atoms with Gasteiger partial charge in [-0.25, -0.2) is 4.98 Å². The Balaban J connectivity index is 1.89. The van der Waals surface area contributed by atoms with Crippen LogP contribution in [0, 0.1) is 0 Å². The molecule has 2 N–H and O–H groups in total. The van der Waals surface area contributed by atoms with Crippen molar-refractivity contribution in [2.24, 2.45) is 0 Å². The van der Waals surface area contributed by atoms with Crippen molar-refractivity contribution in [2.45, 2.75) is 6.42 Å². The largest absolute Gasteiger partial charge is 0.399 e. The van der Waals surface area contributed by atoms with Crippen LogP contribution < -0.4 is 10.6 Å². The summed E-state index contributed by atoms with van der Waals surface area (Å²) in [5, 5.41) is 4.64. The molecule has 0 radical (unpaired) electrons. The normalized spacial score (nSPS) is 17.2. The average Bonchev–Trinajstić information content (AvgIpc) is 2.89. The first-order valence-electron chi connectivity index (χ1n) is 7.72. The molecular formula is C17H20N4S. The average molecular weight is 312 g/mol. The predicted octanol–water partition coefficient (Wildman–Crippen LogP) is 3.17. The fraction of sp³-hybridized carbons (Fsp3) is 0.353. The van der Waals surface area contributed by atoms with Gasteiger partial charge in [0, 0.05) is 40.8 Å². The number of hydrogen-bond donors (Lipinski definition) is 1. The Labute approximate surface area is 134 Å². The molecule has 1 fully saturated rings. The maximum Gasteiger partial charge on any atom is 0.138 e. The summed E-state index contributed by atoms with van der Waals surface area (Å²) in [6, 6.07) is 8.24. The minimum absolute atomic E-state index is 0.775. The van der Waals surface area contributed by atoms with E-state index in [1.54, 1.807) is 11.3 Å². The van der Waals surface area contributed by atoms with Gasteiger partial charge in [-0.1, -0.05) is 0 Å². The van der Waals surface area contributed by atoms with Gasteiger partial charge in [0.1, 0.15) is 5.82 Å². The molecule has 22 heavy (non-hydrogen) atoms. The molecule has 1 saturated heterocycles. The van der Waals surface area contributed by atoms with E-state index in [2.05, 4.69) is 34.4 Å². The van der Waals surface area contributed by atoms with Crippen LogP contribution in [0.15, 0.2) is 29.6 Å². The third-order valence-electron chi connectivity index (χ3n) is 4.42. The summed E-state index contributed by atoms with van der Waals surface area (Å²) in [5.74, 6) is 1.12. The fourth-order valence-electron chi connectivity index (χ4n) is 3.20. The summed E-state index contributed by atoms with van der Waals surface area (Å²) in [5.41, 5.74) is 7.74. The van der Waals surface area contributed by atoms with Crippen molar-refractivity contribution < 1.29 is 0 Å². The Bertz CT molecular complexity index is 826. The molecular weight excluding hydrogens is 292 g/mol. The number of thiophene rings is 1. The standard InChI is InChI=1S/C17H20N4S/c1-20-6-2-7-21(9-8-20)17-14-5-10-22-16(14)13-4-3-12(18)11-15(13)19-17/h3-5,10-11H,2,6-9,18H2,1H3. The molecule has 0 bridgehead atoms. The maximum atomic E-state index is 5.96. The number of likely N-dealkylation sites (N-methyl/N-ethyl adjacent to an activating group) is 1. The molecule has 3 aromatic rings. The van der Waals surface area contributed by atoms with E-state index in [0.29, 0.717) is 0 Å². The van der Waals surface area contributed by atoms with E-state index in [0.717, 1.165) is 43.2 Å². The van der Waals surface area contributed by atoms with Crippen LogP contribution >= 0.6 is 11.3 Å². The van der Waals surface area contributed by atoms with Crippen molar-refractivity contribution in [3.63, 3.8) is 0 Å². The monoisotopic (exact) mass is 312 g/mol. The Morgan fingerprint density at radius 1 is 1.09 bits per heavy atom. The minimum Gasteiger partial charge on any atom is -0.399 e. The Kier molecular flexibility index (Phi) is 3.39. The first-order chi connectivity index (χ1) is 10.7. The van der Waals surface area contributed by atoms with Crippen molar-refractivity contribution in [1.82, 2.24) is 9.88 Å². The zero-order chi connectivity index (χ0) is 15.1. The van der Waals surface area contributed by atoms with E-state index in [-0.39, 0.29) is 0 Å². The Morgan fingerprint density at radius 2 is 2.00 bits per heavy atom. The van der Waals surface area contributed by atoms with Crippen LogP contribution in [0.3, 0.4) is 0 Å². The second kappa shape index (κ2) is 5.41. The third-order valence-corrected chi connectivity index (χ3v) is 5.37. The van der Waals surface area contributed by atoms with Crippen LogP contribution in [-0.2, 0) is 0 Å². The highest BCUT2D eigenvalue weighted by Gasteiger charge is 2.18. The summed E-state index contributed by atoms with van der Waals surface area (Å²) >= 11 is 1.79. The number of benzene rings is 1. The highest BCUT2D eigenvalue weighted by molar-refractivity contribution is 7.18. The molecule has 1 aliphatic heterocycles. The summed E-state index contributed by atoms with van der Waals surface area (Å²) in [7, 11) is 2.19. The zero-order valence-electron chi connectivity index (χ0n) is 12.7. The molecule has 1 aromatic carbocycles. The molecule has 0 atom stereocenters. The number of nitrogen functional groups attached to an aromatic ring is 1. The number of anilines is 2. The van der Waals surface area contributed by atoms with E-state index in [4.69, 9.17) is 10.7 Å². The number of rotatable bonds is 1. The highest BCUT2D eigenvalue weighted by atomic mass is 32.1. The molecule has 5 heteroatoms. The Hall–Kier alpha value is -1.85. The lowest BCUT2D eigenvalue weighted by Gasteiger charge is -2.23. The smallest absolute Gasteiger partial charge is 0.138 e. The maximum absolute atomic E-state index is 5.96. The number of hydrogen-bond acceptors (Lipinski definition) is 5. The summed E-state index contributed by atoms with van der Waals surface area (Å²) in [6.07, 6.45) is 1.18. The predicted molar refractivity (Wildman–Crippen MR) is 95.9 cm³/mol. The lowest BCUT2D eigenvalue weighted by molar-refractivity contribution is 0.360. The van der Waals surface area contributed by atoms with Gasteiger partial charge in [-0.05, 0) is 49.7 Å². The molecule has 1 aliphatic rings. The number of nitrogens with zero attached hydrogens (tertiary/aromatic N) is 3. The number of aromatic nitrogens is 1. The van der Waals surface area contributed by atoms with Gasteiger partial charge in [0.15, 0.2) is 0 Å².